The molecule has 4 rings (SSSR count). The Bertz CT molecular complexity index is 608. The monoisotopic (exact) mass is 313 g/mol. The fourth-order valence-electron chi connectivity index (χ4n) is 3.49. The second-order valence-corrected chi connectivity index (χ2v) is 7.23. The highest BCUT2D eigenvalue weighted by molar-refractivity contribution is 7.10. The normalized spacial score (nSPS) is 19.7. The van der Waals surface area contributed by atoms with Gasteiger partial charge in [0, 0.05) is 35.6 Å². The zero-order chi connectivity index (χ0) is 14.8. The second-order valence-electron chi connectivity index (χ2n) is 6.34. The molecule has 0 bridgehead atoms. The van der Waals surface area contributed by atoms with Gasteiger partial charge in [0.2, 0.25) is 0 Å². The molecule has 0 saturated carbocycles. The number of benzene rings is 1. The molecule has 2 saturated heterocycles. The Morgan fingerprint density at radius 1 is 1.05 bits per heavy atom. The van der Waals surface area contributed by atoms with Crippen molar-refractivity contribution in [1.82, 2.24) is 10.3 Å². The molecule has 3 heterocycles. The summed E-state index contributed by atoms with van der Waals surface area (Å²) >= 11 is 1.83. The zero-order valence-electron chi connectivity index (χ0n) is 12.9. The lowest BCUT2D eigenvalue weighted by Crippen LogP contribution is -2.26. The number of anilines is 1. The largest absolute Gasteiger partial charge is 0.372 e. The van der Waals surface area contributed by atoms with Crippen molar-refractivity contribution in [2.75, 3.05) is 31.1 Å². The Morgan fingerprint density at radius 3 is 2.50 bits per heavy atom. The fraction of sp³-hybridized carbons (Fsp3) is 0.500. The molecule has 0 amide bonds. The van der Waals surface area contributed by atoms with Crippen LogP contribution in [-0.4, -0.2) is 31.2 Å². The van der Waals surface area contributed by atoms with Crippen LogP contribution in [0.2, 0.25) is 0 Å². The molecule has 0 aliphatic carbocycles. The van der Waals surface area contributed by atoms with Crippen molar-refractivity contribution in [2.24, 2.45) is 0 Å². The minimum absolute atomic E-state index is 0.656. The molecule has 0 unspecified atom stereocenters. The molecule has 2 aliphatic heterocycles. The highest BCUT2D eigenvalue weighted by atomic mass is 32.1. The lowest BCUT2D eigenvalue weighted by atomic mass is 9.99. The number of hydrogen-bond donors (Lipinski definition) is 1. The average Bonchev–Trinajstić information content (AvgIpc) is 3.28. The summed E-state index contributed by atoms with van der Waals surface area (Å²) in [5.41, 5.74) is 3.75. The first-order valence-corrected chi connectivity index (χ1v) is 9.30. The molecule has 22 heavy (non-hydrogen) atoms. The Labute approximate surface area is 136 Å². The third-order valence-corrected chi connectivity index (χ3v) is 5.85. The zero-order valence-corrected chi connectivity index (χ0v) is 13.7. The van der Waals surface area contributed by atoms with E-state index in [2.05, 4.69) is 39.9 Å². The summed E-state index contributed by atoms with van der Waals surface area (Å²) in [6.07, 6.45) is 5.10. The van der Waals surface area contributed by atoms with Crippen molar-refractivity contribution in [2.45, 2.75) is 31.6 Å². The molecule has 4 heteroatoms. The van der Waals surface area contributed by atoms with Crippen molar-refractivity contribution in [1.29, 1.82) is 0 Å². The summed E-state index contributed by atoms with van der Waals surface area (Å²) < 4.78 is 0. The Kier molecular flexibility index (Phi) is 4.13. The van der Waals surface area contributed by atoms with Gasteiger partial charge in [-0.1, -0.05) is 12.1 Å². The maximum atomic E-state index is 4.91. The van der Waals surface area contributed by atoms with Gasteiger partial charge in [-0.2, -0.15) is 0 Å². The first-order valence-electron chi connectivity index (χ1n) is 8.42. The molecule has 2 fully saturated rings. The standard InChI is InChI=1S/C18H23N3S/c1-2-12-21(11-1)16-5-3-14(4-6-16)17-13-22-18(20-17)15-7-9-19-10-8-15/h3-6,13,15,19H,1-2,7-12H2. The van der Waals surface area contributed by atoms with E-state index in [4.69, 9.17) is 4.98 Å². The minimum atomic E-state index is 0.656. The Hall–Kier alpha value is -1.39. The van der Waals surface area contributed by atoms with Crippen molar-refractivity contribution < 1.29 is 0 Å². The lowest BCUT2D eigenvalue weighted by Gasteiger charge is -2.20. The molecule has 116 valence electrons. The van der Waals surface area contributed by atoms with Crippen LogP contribution in [0.3, 0.4) is 0 Å². The number of rotatable bonds is 3. The summed E-state index contributed by atoms with van der Waals surface area (Å²) in [7, 11) is 0. The van der Waals surface area contributed by atoms with Crippen molar-refractivity contribution in [3.63, 3.8) is 0 Å². The van der Waals surface area contributed by atoms with Gasteiger partial charge < -0.3 is 10.2 Å². The van der Waals surface area contributed by atoms with Gasteiger partial charge in [0.1, 0.15) is 0 Å². The molecule has 0 radical (unpaired) electrons. The topological polar surface area (TPSA) is 28.2 Å². The number of nitrogens with one attached hydrogen (secondary N) is 1. The molecule has 2 aromatic rings. The van der Waals surface area contributed by atoms with Gasteiger partial charge in [-0.3, -0.25) is 0 Å². The van der Waals surface area contributed by atoms with Crippen LogP contribution >= 0.6 is 11.3 Å². The van der Waals surface area contributed by atoms with E-state index in [0.717, 1.165) is 18.8 Å². The van der Waals surface area contributed by atoms with Crippen molar-refractivity contribution >= 4 is 17.0 Å². The van der Waals surface area contributed by atoms with E-state index in [1.165, 1.54) is 55.0 Å². The third kappa shape index (κ3) is 2.90. The minimum Gasteiger partial charge on any atom is -0.372 e. The first kappa shape index (κ1) is 14.2. The number of aromatic nitrogens is 1. The van der Waals surface area contributed by atoms with Crippen LogP contribution in [0.1, 0.15) is 36.6 Å². The first-order chi connectivity index (χ1) is 10.9. The predicted molar refractivity (Wildman–Crippen MR) is 93.8 cm³/mol. The van der Waals surface area contributed by atoms with Gasteiger partial charge in [-0.25, -0.2) is 4.98 Å². The van der Waals surface area contributed by atoms with Crippen LogP contribution in [0, 0.1) is 0 Å². The van der Waals surface area contributed by atoms with E-state index in [9.17, 15) is 0 Å². The van der Waals surface area contributed by atoms with Gasteiger partial charge in [-0.05, 0) is 50.9 Å². The van der Waals surface area contributed by atoms with Crippen LogP contribution in [0.5, 0.6) is 0 Å². The molecule has 0 spiro atoms. The van der Waals surface area contributed by atoms with Crippen LogP contribution < -0.4 is 10.2 Å². The summed E-state index contributed by atoms with van der Waals surface area (Å²) in [5, 5.41) is 6.97. The summed E-state index contributed by atoms with van der Waals surface area (Å²) in [6, 6.07) is 8.97. The van der Waals surface area contributed by atoms with Gasteiger partial charge >= 0.3 is 0 Å². The van der Waals surface area contributed by atoms with Crippen LogP contribution in [0.25, 0.3) is 11.3 Å². The number of hydrogen-bond acceptors (Lipinski definition) is 4. The maximum Gasteiger partial charge on any atom is 0.0964 e. The summed E-state index contributed by atoms with van der Waals surface area (Å²) in [4.78, 5) is 7.39. The Morgan fingerprint density at radius 2 is 1.77 bits per heavy atom. The van der Waals surface area contributed by atoms with Crippen molar-refractivity contribution in [3.8, 4) is 11.3 Å². The third-order valence-electron chi connectivity index (χ3n) is 4.84. The molecule has 3 nitrogen and oxygen atoms in total. The smallest absolute Gasteiger partial charge is 0.0964 e. The Balaban J connectivity index is 1.50. The van der Waals surface area contributed by atoms with Gasteiger partial charge in [0.25, 0.3) is 0 Å². The molecule has 0 atom stereocenters. The molecular weight excluding hydrogens is 290 g/mol. The quantitative estimate of drug-likeness (QED) is 0.932. The molecule has 2 aliphatic rings. The van der Waals surface area contributed by atoms with Crippen molar-refractivity contribution in [3.05, 3.63) is 34.7 Å². The number of piperidine rings is 1. The number of thiazole rings is 1. The van der Waals surface area contributed by atoms with Gasteiger partial charge in [0.15, 0.2) is 0 Å². The lowest BCUT2D eigenvalue weighted by molar-refractivity contribution is 0.459. The van der Waals surface area contributed by atoms with E-state index in [1.807, 2.05) is 11.3 Å². The van der Waals surface area contributed by atoms with Crippen LogP contribution in [0.15, 0.2) is 29.6 Å². The van der Waals surface area contributed by atoms with Gasteiger partial charge in [-0.15, -0.1) is 11.3 Å². The van der Waals surface area contributed by atoms with E-state index in [1.54, 1.807) is 0 Å². The average molecular weight is 313 g/mol. The molecule has 1 aromatic carbocycles. The van der Waals surface area contributed by atoms with E-state index in [-0.39, 0.29) is 0 Å². The SMILES string of the molecule is c1cc(N2CCCC2)ccc1-c1csc(C2CCNCC2)n1. The number of nitrogens with zero attached hydrogens (tertiary/aromatic N) is 2. The molecule has 1 aromatic heterocycles. The van der Waals surface area contributed by atoms with Crippen LogP contribution in [0.4, 0.5) is 5.69 Å². The maximum absolute atomic E-state index is 4.91. The second kappa shape index (κ2) is 6.39. The van der Waals surface area contributed by atoms with Gasteiger partial charge in [0.05, 0.1) is 10.7 Å². The molecule has 1 N–H and O–H groups in total. The van der Waals surface area contributed by atoms with Crippen LogP contribution in [-0.2, 0) is 0 Å². The summed E-state index contributed by atoms with van der Waals surface area (Å²) in [6.45, 7) is 4.67. The van der Waals surface area contributed by atoms with E-state index in [0.29, 0.717) is 5.92 Å². The van der Waals surface area contributed by atoms with E-state index < -0.39 is 0 Å². The predicted octanol–water partition coefficient (Wildman–Crippen LogP) is 3.88. The molecular formula is C18H23N3S. The summed E-state index contributed by atoms with van der Waals surface area (Å²) in [5.74, 6) is 0.656. The van der Waals surface area contributed by atoms with E-state index >= 15 is 0 Å². The highest BCUT2D eigenvalue weighted by Gasteiger charge is 2.19. The fourth-order valence-corrected chi connectivity index (χ4v) is 4.50. The highest BCUT2D eigenvalue weighted by Crippen LogP contribution is 2.32.